The van der Waals surface area contributed by atoms with Crippen molar-refractivity contribution in [3.63, 3.8) is 0 Å². The molecule has 0 fully saturated rings. The van der Waals surface area contributed by atoms with E-state index in [0.717, 1.165) is 12.1 Å². The van der Waals surface area contributed by atoms with Crippen molar-refractivity contribution in [1.29, 1.82) is 0 Å². The van der Waals surface area contributed by atoms with Crippen LogP contribution in [0.5, 0.6) is 0 Å². The Kier molecular flexibility index (Phi) is 4.40. The van der Waals surface area contributed by atoms with E-state index in [1.165, 1.54) is 12.1 Å². The number of alkyl halides is 4. The summed E-state index contributed by atoms with van der Waals surface area (Å²) in [7, 11) is -3.56. The predicted molar refractivity (Wildman–Crippen MR) is 57.9 cm³/mol. The van der Waals surface area contributed by atoms with Gasteiger partial charge in [0, 0.05) is 6.54 Å². The summed E-state index contributed by atoms with van der Waals surface area (Å²) in [6.07, 6.45) is -4.39. The van der Waals surface area contributed by atoms with Gasteiger partial charge >= 0.3 is 6.18 Å². The number of benzene rings is 1. The van der Waals surface area contributed by atoms with Gasteiger partial charge in [-0.2, -0.15) is 13.2 Å². The van der Waals surface area contributed by atoms with Crippen LogP contribution in [-0.2, 0) is 22.7 Å². The fourth-order valence-corrected chi connectivity index (χ4v) is 1.74. The third kappa shape index (κ3) is 4.53. The summed E-state index contributed by atoms with van der Waals surface area (Å²) in [6.45, 7) is -0.0901. The van der Waals surface area contributed by atoms with E-state index in [0.29, 0.717) is 5.56 Å². The minimum absolute atomic E-state index is 0.0901. The average Bonchev–Trinajstić information content (AvgIpc) is 2.26. The smallest absolute Gasteiger partial charge is 0.211 e. The fraction of sp³-hybridized carbons (Fsp3) is 0.333. The van der Waals surface area contributed by atoms with E-state index in [-0.39, 0.29) is 6.54 Å². The molecule has 0 aromatic heterocycles. The lowest BCUT2D eigenvalue weighted by Gasteiger charge is -2.08. The quantitative estimate of drug-likeness (QED) is 0.864. The van der Waals surface area contributed by atoms with Crippen LogP contribution in [0.2, 0.25) is 0 Å². The summed E-state index contributed by atoms with van der Waals surface area (Å²) in [6, 6.07) is 4.20. The molecule has 3 nitrogen and oxygen atoms in total. The summed E-state index contributed by atoms with van der Waals surface area (Å²) < 4.78 is 60.8. The van der Waals surface area contributed by atoms with Gasteiger partial charge in [0.15, 0.2) is 0 Å². The van der Waals surface area contributed by atoms with E-state index >= 15 is 0 Å². The zero-order chi connectivity index (χ0) is 13.1. The molecule has 0 radical (unpaired) electrons. The van der Waals surface area contributed by atoms with Gasteiger partial charge in [0.25, 0.3) is 0 Å². The van der Waals surface area contributed by atoms with E-state index in [9.17, 15) is 21.6 Å². The van der Waals surface area contributed by atoms with Crippen molar-refractivity contribution < 1.29 is 21.6 Å². The van der Waals surface area contributed by atoms with E-state index < -0.39 is 27.0 Å². The van der Waals surface area contributed by atoms with Crippen molar-refractivity contribution in [2.75, 3.05) is 5.21 Å². The second-order valence-corrected chi connectivity index (χ2v) is 5.63. The Morgan fingerprint density at radius 1 is 1.18 bits per heavy atom. The Morgan fingerprint density at radius 2 is 1.71 bits per heavy atom. The third-order valence-electron chi connectivity index (χ3n) is 1.92. The molecule has 0 spiro atoms. The standard InChI is InChI=1S/C9H9ClF3NO2S/c10-6-17(15,16)14-5-7-1-3-8(4-2-7)9(11,12)13/h1-4,14H,5-6H2. The second-order valence-electron chi connectivity index (χ2n) is 3.24. The Bertz CT molecular complexity index is 470. The summed E-state index contributed by atoms with van der Waals surface area (Å²) in [5, 5.41) is -0.590. The van der Waals surface area contributed by atoms with Gasteiger partial charge in [-0.05, 0) is 17.7 Å². The molecule has 1 N–H and O–H groups in total. The number of halogens is 4. The Hall–Kier alpha value is -0.790. The van der Waals surface area contributed by atoms with Crippen LogP contribution in [-0.4, -0.2) is 13.6 Å². The second kappa shape index (κ2) is 5.24. The van der Waals surface area contributed by atoms with Gasteiger partial charge in [-0.25, -0.2) is 13.1 Å². The van der Waals surface area contributed by atoms with Crippen LogP contribution in [0.15, 0.2) is 24.3 Å². The highest BCUT2D eigenvalue weighted by molar-refractivity contribution is 7.90. The van der Waals surface area contributed by atoms with Crippen LogP contribution >= 0.6 is 11.6 Å². The highest BCUT2D eigenvalue weighted by Gasteiger charge is 2.29. The highest BCUT2D eigenvalue weighted by atomic mass is 35.5. The van der Waals surface area contributed by atoms with Crippen molar-refractivity contribution in [1.82, 2.24) is 4.72 Å². The Morgan fingerprint density at radius 3 is 2.12 bits per heavy atom. The Balaban J connectivity index is 2.70. The monoisotopic (exact) mass is 287 g/mol. The van der Waals surface area contributed by atoms with Crippen molar-refractivity contribution in [3.8, 4) is 0 Å². The molecular formula is C9H9ClF3NO2S. The molecule has 8 heteroatoms. The molecule has 0 unspecified atom stereocenters. The number of rotatable bonds is 4. The maximum absolute atomic E-state index is 12.2. The lowest BCUT2D eigenvalue weighted by molar-refractivity contribution is -0.137. The number of hydrogen-bond acceptors (Lipinski definition) is 2. The highest BCUT2D eigenvalue weighted by Crippen LogP contribution is 2.29. The van der Waals surface area contributed by atoms with Gasteiger partial charge in [0.05, 0.1) is 5.56 Å². The zero-order valence-corrected chi connectivity index (χ0v) is 10.0. The molecule has 0 atom stereocenters. The summed E-state index contributed by atoms with van der Waals surface area (Å²) in [4.78, 5) is 0. The number of hydrogen-bond donors (Lipinski definition) is 1. The first-order chi connectivity index (χ1) is 7.74. The first-order valence-corrected chi connectivity index (χ1v) is 6.63. The molecule has 0 bridgehead atoms. The molecule has 1 aromatic carbocycles. The summed E-state index contributed by atoms with van der Waals surface area (Å²) in [5.41, 5.74) is -0.354. The first kappa shape index (κ1) is 14.3. The van der Waals surface area contributed by atoms with Crippen LogP contribution in [0.25, 0.3) is 0 Å². The van der Waals surface area contributed by atoms with E-state index in [2.05, 4.69) is 4.72 Å². The molecular weight excluding hydrogens is 279 g/mol. The van der Waals surface area contributed by atoms with Crippen LogP contribution in [0.1, 0.15) is 11.1 Å². The predicted octanol–water partition coefficient (Wildman–Crippen LogP) is 2.32. The Labute approximate surface area is 102 Å². The van der Waals surface area contributed by atoms with Crippen LogP contribution in [0, 0.1) is 0 Å². The average molecular weight is 288 g/mol. The SMILES string of the molecule is O=S(=O)(CCl)NCc1ccc(C(F)(F)F)cc1. The van der Waals surface area contributed by atoms with Gasteiger partial charge in [0.1, 0.15) is 5.21 Å². The van der Waals surface area contributed by atoms with Crippen LogP contribution in [0.4, 0.5) is 13.2 Å². The molecule has 0 aliphatic heterocycles. The van der Waals surface area contributed by atoms with Crippen LogP contribution < -0.4 is 4.72 Å². The van der Waals surface area contributed by atoms with Gasteiger partial charge < -0.3 is 0 Å². The molecule has 0 saturated heterocycles. The van der Waals surface area contributed by atoms with Crippen molar-refractivity contribution in [2.45, 2.75) is 12.7 Å². The van der Waals surface area contributed by atoms with E-state index in [1.54, 1.807) is 0 Å². The van der Waals surface area contributed by atoms with Crippen molar-refractivity contribution >= 4 is 21.6 Å². The van der Waals surface area contributed by atoms with Crippen molar-refractivity contribution in [2.24, 2.45) is 0 Å². The first-order valence-electron chi connectivity index (χ1n) is 4.44. The minimum atomic E-state index is -4.39. The molecule has 0 saturated carbocycles. The summed E-state index contributed by atoms with van der Waals surface area (Å²) >= 11 is 5.15. The van der Waals surface area contributed by atoms with Gasteiger partial charge in [-0.3, -0.25) is 0 Å². The topological polar surface area (TPSA) is 46.2 Å². The molecule has 0 aliphatic rings. The maximum Gasteiger partial charge on any atom is 0.416 e. The molecule has 1 rings (SSSR count). The molecule has 96 valence electrons. The van der Waals surface area contributed by atoms with Gasteiger partial charge in [0.2, 0.25) is 10.0 Å². The normalized spacial score (nSPS) is 12.7. The van der Waals surface area contributed by atoms with E-state index in [4.69, 9.17) is 11.6 Å². The molecule has 0 amide bonds. The van der Waals surface area contributed by atoms with Crippen LogP contribution in [0.3, 0.4) is 0 Å². The van der Waals surface area contributed by atoms with E-state index in [1.807, 2.05) is 0 Å². The number of sulfonamides is 1. The number of nitrogens with one attached hydrogen (secondary N) is 1. The minimum Gasteiger partial charge on any atom is -0.211 e. The molecule has 0 heterocycles. The summed E-state index contributed by atoms with van der Waals surface area (Å²) in [5.74, 6) is 0. The molecule has 1 aromatic rings. The lowest BCUT2D eigenvalue weighted by atomic mass is 10.1. The molecule has 17 heavy (non-hydrogen) atoms. The third-order valence-corrected chi connectivity index (χ3v) is 3.65. The molecule has 0 aliphatic carbocycles. The van der Waals surface area contributed by atoms with Crippen molar-refractivity contribution in [3.05, 3.63) is 35.4 Å². The lowest BCUT2D eigenvalue weighted by Crippen LogP contribution is -2.23. The van der Waals surface area contributed by atoms with Gasteiger partial charge in [-0.1, -0.05) is 12.1 Å². The maximum atomic E-state index is 12.2. The van der Waals surface area contributed by atoms with Gasteiger partial charge in [-0.15, -0.1) is 11.6 Å². The largest absolute Gasteiger partial charge is 0.416 e. The zero-order valence-electron chi connectivity index (χ0n) is 8.46. The fourth-order valence-electron chi connectivity index (χ4n) is 1.04.